The minimum Gasteiger partial charge on any atom is -0.310 e. The van der Waals surface area contributed by atoms with Gasteiger partial charge in [0.25, 0.3) is 0 Å². The quantitative estimate of drug-likeness (QED) is 0.128. The van der Waals surface area contributed by atoms with Gasteiger partial charge in [-0.2, -0.15) is 0 Å². The molecule has 11 aromatic rings. The summed E-state index contributed by atoms with van der Waals surface area (Å²) in [6, 6.07) is 93.7. The molecule has 1 heterocycles. The number of hydrogen-bond acceptors (Lipinski definition) is 4. The molecule has 0 aliphatic heterocycles. The molecule has 10 aromatic carbocycles. The minimum absolute atomic E-state index is 1.05. The van der Waals surface area contributed by atoms with Gasteiger partial charge >= 0.3 is 0 Å². The summed E-state index contributed by atoms with van der Waals surface area (Å²) >= 11 is 1.84. The predicted octanol–water partition coefficient (Wildman–Crippen LogP) is 17.8. The lowest BCUT2D eigenvalue weighted by atomic mass is 10.0. The topological polar surface area (TPSA) is 9.72 Å². The van der Waals surface area contributed by atoms with Gasteiger partial charge in [-0.3, -0.25) is 0 Å². The molecule has 1 aromatic heterocycles. The van der Waals surface area contributed by atoms with Crippen molar-refractivity contribution in [1.82, 2.24) is 0 Å². The zero-order valence-corrected chi connectivity index (χ0v) is 35.9. The zero-order valence-electron chi connectivity index (χ0n) is 35.1. The summed E-state index contributed by atoms with van der Waals surface area (Å²) in [7, 11) is 0. The molecule has 0 N–H and O–H groups in total. The largest absolute Gasteiger partial charge is 0.310 e. The van der Waals surface area contributed by atoms with Crippen molar-refractivity contribution in [3.8, 4) is 22.3 Å². The van der Waals surface area contributed by atoms with Crippen LogP contribution in [0.4, 0.5) is 51.2 Å². The van der Waals surface area contributed by atoms with Crippen LogP contribution in [0.5, 0.6) is 0 Å². The van der Waals surface area contributed by atoms with Gasteiger partial charge in [0.05, 0.1) is 0 Å². The van der Waals surface area contributed by atoms with Crippen LogP contribution in [-0.4, -0.2) is 0 Å². The van der Waals surface area contributed by atoms with Crippen molar-refractivity contribution in [2.45, 2.75) is 0 Å². The van der Waals surface area contributed by atoms with Crippen molar-refractivity contribution in [3.05, 3.63) is 261 Å². The number of para-hydroxylation sites is 2. The molecule has 0 fully saturated rings. The number of hydrogen-bond donors (Lipinski definition) is 0. The summed E-state index contributed by atoms with van der Waals surface area (Å²) in [6.07, 6.45) is 0. The molecule has 0 saturated heterocycles. The monoisotopic (exact) mass is 837 g/mol. The molecular formula is C60H43N3S. The van der Waals surface area contributed by atoms with Gasteiger partial charge in [0.2, 0.25) is 0 Å². The minimum atomic E-state index is 1.05. The number of thiophene rings is 1. The fraction of sp³-hybridized carbons (Fsp3) is 0. The predicted molar refractivity (Wildman–Crippen MR) is 274 cm³/mol. The molecule has 0 bridgehead atoms. The first-order valence-electron chi connectivity index (χ1n) is 21.7. The maximum atomic E-state index is 2.40. The maximum Gasteiger partial charge on any atom is 0.0482 e. The van der Waals surface area contributed by atoms with Crippen LogP contribution < -0.4 is 14.7 Å². The molecule has 11 rings (SSSR count). The second kappa shape index (κ2) is 17.3. The lowest BCUT2D eigenvalue weighted by molar-refractivity contribution is 1.24. The van der Waals surface area contributed by atoms with Gasteiger partial charge in [-0.15, -0.1) is 11.3 Å². The van der Waals surface area contributed by atoms with E-state index in [0.29, 0.717) is 0 Å². The highest BCUT2D eigenvalue weighted by atomic mass is 32.1. The zero-order chi connectivity index (χ0) is 42.7. The smallest absolute Gasteiger partial charge is 0.0482 e. The molecule has 0 atom stereocenters. The fourth-order valence-corrected chi connectivity index (χ4v) is 9.90. The van der Waals surface area contributed by atoms with E-state index in [4.69, 9.17) is 0 Å². The van der Waals surface area contributed by atoms with E-state index in [2.05, 4.69) is 276 Å². The molecule has 3 nitrogen and oxygen atoms in total. The normalized spacial score (nSPS) is 11.1. The average Bonchev–Trinajstić information content (AvgIpc) is 3.74. The Hall–Kier alpha value is -8.18. The van der Waals surface area contributed by atoms with Gasteiger partial charge in [0, 0.05) is 71.4 Å². The van der Waals surface area contributed by atoms with E-state index < -0.39 is 0 Å². The Morgan fingerprint density at radius 2 is 0.516 bits per heavy atom. The van der Waals surface area contributed by atoms with E-state index in [0.717, 1.165) is 51.2 Å². The van der Waals surface area contributed by atoms with Crippen molar-refractivity contribution in [2.75, 3.05) is 14.7 Å². The van der Waals surface area contributed by atoms with Gasteiger partial charge in [-0.1, -0.05) is 158 Å². The van der Waals surface area contributed by atoms with Crippen molar-refractivity contribution in [3.63, 3.8) is 0 Å². The molecule has 0 unspecified atom stereocenters. The van der Waals surface area contributed by atoms with Crippen LogP contribution in [0.1, 0.15) is 0 Å². The third-order valence-corrected chi connectivity index (χ3v) is 12.9. The van der Waals surface area contributed by atoms with E-state index in [-0.39, 0.29) is 0 Å². The molecule has 304 valence electrons. The summed E-state index contributed by atoms with van der Waals surface area (Å²) in [5, 5.41) is 2.56. The van der Waals surface area contributed by atoms with Crippen LogP contribution >= 0.6 is 11.3 Å². The average molecular weight is 838 g/mol. The lowest BCUT2D eigenvalue weighted by Crippen LogP contribution is -2.14. The van der Waals surface area contributed by atoms with Crippen LogP contribution in [0.2, 0.25) is 0 Å². The highest BCUT2D eigenvalue weighted by Gasteiger charge is 2.21. The third kappa shape index (κ3) is 7.68. The van der Waals surface area contributed by atoms with E-state index in [9.17, 15) is 0 Å². The number of nitrogens with zero attached hydrogens (tertiary/aromatic N) is 3. The van der Waals surface area contributed by atoms with Gasteiger partial charge in [-0.05, 0) is 125 Å². The Bertz CT molecular complexity index is 3140. The van der Waals surface area contributed by atoms with Gasteiger partial charge in [0.1, 0.15) is 0 Å². The Morgan fingerprint density at radius 3 is 0.984 bits per heavy atom. The Kier molecular flexibility index (Phi) is 10.5. The van der Waals surface area contributed by atoms with Gasteiger partial charge < -0.3 is 14.7 Å². The van der Waals surface area contributed by atoms with E-state index in [1.807, 2.05) is 11.3 Å². The summed E-state index contributed by atoms with van der Waals surface area (Å²) in [6.45, 7) is 0. The summed E-state index contributed by atoms with van der Waals surface area (Å²) in [4.78, 5) is 7.09. The molecule has 0 radical (unpaired) electrons. The molecule has 0 aliphatic rings. The molecule has 0 spiro atoms. The second-order valence-electron chi connectivity index (χ2n) is 15.8. The summed E-state index contributed by atoms with van der Waals surface area (Å²) < 4.78 is 2.55. The first kappa shape index (κ1) is 38.7. The van der Waals surface area contributed by atoms with Crippen LogP contribution in [-0.2, 0) is 0 Å². The maximum absolute atomic E-state index is 2.40. The van der Waals surface area contributed by atoms with Crippen molar-refractivity contribution in [1.29, 1.82) is 0 Å². The summed E-state index contributed by atoms with van der Waals surface area (Å²) in [5.74, 6) is 0. The van der Waals surface area contributed by atoms with Crippen LogP contribution in [0.15, 0.2) is 261 Å². The highest BCUT2D eigenvalue weighted by Crippen LogP contribution is 2.45. The molecule has 0 amide bonds. The summed E-state index contributed by atoms with van der Waals surface area (Å²) in [5.41, 5.74) is 14.4. The van der Waals surface area contributed by atoms with Crippen molar-refractivity contribution in [2.24, 2.45) is 0 Å². The third-order valence-electron chi connectivity index (χ3n) is 11.8. The number of benzene rings is 10. The molecular weight excluding hydrogens is 795 g/mol. The molecule has 0 saturated carbocycles. The van der Waals surface area contributed by atoms with Crippen LogP contribution in [0, 0.1) is 0 Å². The Morgan fingerprint density at radius 1 is 0.203 bits per heavy atom. The fourth-order valence-electron chi connectivity index (χ4n) is 8.76. The standard InChI is InChI=1S/C60H43N3S/c1-5-17-44(18-6-1)46-31-35-50(36-32-46)61(48-21-9-3-10-22-48)52-25-15-27-54(41-52)63(56-39-40-58-57-29-13-14-30-59(57)64-60(58)43-56)55-28-16-26-53(42-55)62(49-23-11-4-12-24-49)51-37-33-47(34-38-51)45-19-7-2-8-20-45/h1-43H. The Balaban J connectivity index is 1.05. The number of fused-ring (bicyclic) bond motifs is 3. The van der Waals surface area contributed by atoms with Crippen molar-refractivity contribution >= 4 is 82.7 Å². The lowest BCUT2D eigenvalue weighted by Gasteiger charge is -2.31. The van der Waals surface area contributed by atoms with Crippen molar-refractivity contribution < 1.29 is 0 Å². The SMILES string of the molecule is c1ccc(-c2ccc(N(c3ccccc3)c3cccc(N(c4cccc(N(c5ccccc5)c5ccc(-c6ccccc6)cc5)c4)c4ccc5c(c4)sc4ccccc45)c3)cc2)cc1. The number of rotatable bonds is 11. The first-order valence-corrected chi connectivity index (χ1v) is 22.5. The van der Waals surface area contributed by atoms with Gasteiger partial charge in [-0.25, -0.2) is 0 Å². The van der Waals surface area contributed by atoms with E-state index >= 15 is 0 Å². The van der Waals surface area contributed by atoms with Crippen LogP contribution in [0.3, 0.4) is 0 Å². The van der Waals surface area contributed by atoms with Gasteiger partial charge in [0.15, 0.2) is 0 Å². The van der Waals surface area contributed by atoms with E-state index in [1.54, 1.807) is 0 Å². The number of anilines is 9. The Labute approximate surface area is 378 Å². The van der Waals surface area contributed by atoms with Crippen LogP contribution in [0.25, 0.3) is 42.4 Å². The molecule has 0 aliphatic carbocycles. The highest BCUT2D eigenvalue weighted by molar-refractivity contribution is 7.25. The molecule has 64 heavy (non-hydrogen) atoms. The first-order chi connectivity index (χ1) is 31.7. The van der Waals surface area contributed by atoms with E-state index in [1.165, 1.54) is 42.4 Å². The second-order valence-corrected chi connectivity index (χ2v) is 16.9. The molecule has 4 heteroatoms.